The zero-order valence-corrected chi connectivity index (χ0v) is 11.3. The van der Waals surface area contributed by atoms with Crippen LogP contribution < -0.4 is 0 Å². The number of fused-ring (bicyclic) bond motifs is 1. The number of benzene rings is 1. The van der Waals surface area contributed by atoms with Gasteiger partial charge >= 0.3 is 5.97 Å². The summed E-state index contributed by atoms with van der Waals surface area (Å²) in [5.41, 5.74) is 1.22. The van der Waals surface area contributed by atoms with E-state index in [1.54, 1.807) is 0 Å². The fourth-order valence-corrected chi connectivity index (χ4v) is 3.99. The molecule has 1 aliphatic heterocycles. The largest absolute Gasteiger partial charge is 0.480 e. The molecule has 0 spiro atoms. The van der Waals surface area contributed by atoms with Crippen LogP contribution in [0.25, 0.3) is 0 Å². The van der Waals surface area contributed by atoms with Crippen LogP contribution in [0.4, 0.5) is 0 Å². The van der Waals surface area contributed by atoms with Crippen LogP contribution in [-0.2, 0) is 4.79 Å². The minimum absolute atomic E-state index is 0.188. The number of carboxylic acids is 1. The molecule has 0 radical (unpaired) electrons. The Kier molecular flexibility index (Phi) is 3.31. The van der Waals surface area contributed by atoms with Crippen molar-refractivity contribution < 1.29 is 9.90 Å². The Labute approximate surface area is 114 Å². The van der Waals surface area contributed by atoms with E-state index in [1.807, 2.05) is 18.2 Å². The van der Waals surface area contributed by atoms with E-state index in [0.29, 0.717) is 11.8 Å². The van der Waals surface area contributed by atoms with Crippen molar-refractivity contribution in [1.29, 1.82) is 0 Å². The van der Waals surface area contributed by atoms with Gasteiger partial charge in [0.25, 0.3) is 0 Å². The van der Waals surface area contributed by atoms with Crippen molar-refractivity contribution in [1.82, 2.24) is 4.90 Å². The minimum atomic E-state index is -0.641. The third-order valence-corrected chi connectivity index (χ3v) is 4.96. The van der Waals surface area contributed by atoms with E-state index in [-0.39, 0.29) is 12.1 Å². The van der Waals surface area contributed by atoms with Crippen LogP contribution in [0.5, 0.6) is 0 Å². The summed E-state index contributed by atoms with van der Waals surface area (Å²) >= 11 is 0. The molecule has 1 aromatic rings. The molecule has 3 nitrogen and oxygen atoms in total. The maximum Gasteiger partial charge on any atom is 0.321 e. The van der Waals surface area contributed by atoms with E-state index < -0.39 is 5.97 Å². The van der Waals surface area contributed by atoms with Crippen molar-refractivity contribution >= 4 is 5.97 Å². The van der Waals surface area contributed by atoms with E-state index in [9.17, 15) is 9.90 Å². The molecule has 1 saturated heterocycles. The van der Waals surface area contributed by atoms with Crippen LogP contribution in [0.1, 0.15) is 37.8 Å². The summed E-state index contributed by atoms with van der Waals surface area (Å²) in [6, 6.07) is 10.1. The first-order valence-corrected chi connectivity index (χ1v) is 7.22. The monoisotopic (exact) mass is 259 g/mol. The van der Waals surface area contributed by atoms with Gasteiger partial charge in [-0.2, -0.15) is 0 Å². The third kappa shape index (κ3) is 2.16. The molecular formula is C16H21NO2. The van der Waals surface area contributed by atoms with Gasteiger partial charge in [-0.25, -0.2) is 0 Å². The molecule has 102 valence electrons. The lowest BCUT2D eigenvalue weighted by Crippen LogP contribution is -2.41. The maximum atomic E-state index is 11.6. The predicted molar refractivity (Wildman–Crippen MR) is 73.8 cm³/mol. The van der Waals surface area contributed by atoms with Gasteiger partial charge in [0.05, 0.1) is 0 Å². The molecule has 1 aliphatic carbocycles. The van der Waals surface area contributed by atoms with Crippen LogP contribution in [0, 0.1) is 11.8 Å². The summed E-state index contributed by atoms with van der Waals surface area (Å²) in [5.74, 6) is 0.313. The van der Waals surface area contributed by atoms with Gasteiger partial charge in [-0.3, -0.25) is 9.69 Å². The van der Waals surface area contributed by atoms with E-state index in [2.05, 4.69) is 24.0 Å². The van der Waals surface area contributed by atoms with E-state index in [1.165, 1.54) is 18.4 Å². The number of aliphatic carboxylic acids is 1. The lowest BCUT2D eigenvalue weighted by Gasteiger charge is -2.30. The molecule has 0 aromatic heterocycles. The van der Waals surface area contributed by atoms with Gasteiger partial charge < -0.3 is 5.11 Å². The van der Waals surface area contributed by atoms with Gasteiger partial charge in [0, 0.05) is 12.6 Å². The summed E-state index contributed by atoms with van der Waals surface area (Å²) in [6.45, 7) is 3.07. The molecule has 2 fully saturated rings. The van der Waals surface area contributed by atoms with Crippen LogP contribution in [-0.4, -0.2) is 28.6 Å². The van der Waals surface area contributed by atoms with Gasteiger partial charge in [-0.1, -0.05) is 36.8 Å². The second kappa shape index (κ2) is 4.97. The summed E-state index contributed by atoms with van der Waals surface area (Å²) in [7, 11) is 0. The molecule has 0 bridgehead atoms. The van der Waals surface area contributed by atoms with Gasteiger partial charge in [0.15, 0.2) is 0 Å². The molecular weight excluding hydrogens is 238 g/mol. The van der Waals surface area contributed by atoms with Gasteiger partial charge in [-0.05, 0) is 37.2 Å². The number of rotatable bonds is 3. The number of hydrogen-bond acceptors (Lipinski definition) is 2. The molecule has 1 aromatic carbocycles. The highest BCUT2D eigenvalue weighted by molar-refractivity contribution is 5.74. The van der Waals surface area contributed by atoms with E-state index in [4.69, 9.17) is 0 Å². The second-order valence-electron chi connectivity index (χ2n) is 5.92. The standard InChI is InChI=1S/C16H21NO2/c1-11(12-6-3-2-4-7-12)17-10-13-8-5-9-14(13)15(17)16(18)19/h2-4,6-7,11,13-15H,5,8-10H2,1H3,(H,18,19). The average Bonchev–Trinajstić information content (AvgIpc) is 2.98. The smallest absolute Gasteiger partial charge is 0.321 e. The highest BCUT2D eigenvalue weighted by Gasteiger charge is 2.49. The molecule has 3 heteroatoms. The normalized spacial score (nSPS) is 32.2. The predicted octanol–water partition coefficient (Wildman–Crippen LogP) is 2.93. The summed E-state index contributed by atoms with van der Waals surface area (Å²) < 4.78 is 0. The highest BCUT2D eigenvalue weighted by Crippen LogP contribution is 2.45. The summed E-state index contributed by atoms with van der Waals surface area (Å²) in [4.78, 5) is 13.8. The Balaban J connectivity index is 1.85. The van der Waals surface area contributed by atoms with Crippen molar-refractivity contribution in [3.05, 3.63) is 35.9 Å². The molecule has 19 heavy (non-hydrogen) atoms. The number of carboxylic acid groups (broad SMARTS) is 1. The Bertz CT molecular complexity index is 459. The first kappa shape index (κ1) is 12.7. The number of likely N-dealkylation sites (tertiary alicyclic amines) is 1. The van der Waals surface area contributed by atoms with Crippen molar-refractivity contribution in [3.8, 4) is 0 Å². The van der Waals surface area contributed by atoms with Crippen molar-refractivity contribution in [3.63, 3.8) is 0 Å². The van der Waals surface area contributed by atoms with E-state index >= 15 is 0 Å². The zero-order chi connectivity index (χ0) is 13.4. The lowest BCUT2D eigenvalue weighted by atomic mass is 9.94. The Hall–Kier alpha value is -1.35. The molecule has 4 atom stereocenters. The third-order valence-electron chi connectivity index (χ3n) is 4.96. The van der Waals surface area contributed by atoms with Crippen LogP contribution in [0.15, 0.2) is 30.3 Å². The molecule has 4 unspecified atom stereocenters. The Morgan fingerprint density at radius 1 is 1.32 bits per heavy atom. The van der Waals surface area contributed by atoms with Gasteiger partial charge in [0.1, 0.15) is 6.04 Å². The first-order chi connectivity index (χ1) is 9.18. The highest BCUT2D eigenvalue weighted by atomic mass is 16.4. The average molecular weight is 259 g/mol. The SMILES string of the molecule is CC(c1ccccc1)N1CC2CCCC2C1C(=O)O. The van der Waals surface area contributed by atoms with Gasteiger partial charge in [0.2, 0.25) is 0 Å². The number of nitrogens with zero attached hydrogens (tertiary/aromatic N) is 1. The maximum absolute atomic E-state index is 11.6. The molecule has 3 rings (SSSR count). The Morgan fingerprint density at radius 3 is 2.74 bits per heavy atom. The molecule has 1 saturated carbocycles. The summed E-state index contributed by atoms with van der Waals surface area (Å²) in [5, 5.41) is 9.58. The topological polar surface area (TPSA) is 40.5 Å². The zero-order valence-electron chi connectivity index (χ0n) is 11.3. The second-order valence-corrected chi connectivity index (χ2v) is 5.92. The van der Waals surface area contributed by atoms with Crippen molar-refractivity contribution in [2.45, 2.75) is 38.3 Å². The lowest BCUT2D eigenvalue weighted by molar-refractivity contribution is -0.144. The first-order valence-electron chi connectivity index (χ1n) is 7.22. The fraction of sp³-hybridized carbons (Fsp3) is 0.562. The minimum Gasteiger partial charge on any atom is -0.480 e. The van der Waals surface area contributed by atoms with Crippen LogP contribution in [0.2, 0.25) is 0 Å². The molecule has 1 heterocycles. The van der Waals surface area contributed by atoms with E-state index in [0.717, 1.165) is 13.0 Å². The molecule has 2 aliphatic rings. The van der Waals surface area contributed by atoms with Crippen LogP contribution >= 0.6 is 0 Å². The van der Waals surface area contributed by atoms with Crippen molar-refractivity contribution in [2.24, 2.45) is 11.8 Å². The van der Waals surface area contributed by atoms with Crippen molar-refractivity contribution in [2.75, 3.05) is 6.54 Å². The Morgan fingerprint density at radius 2 is 2.05 bits per heavy atom. The molecule has 0 amide bonds. The quantitative estimate of drug-likeness (QED) is 0.907. The van der Waals surface area contributed by atoms with Crippen LogP contribution in [0.3, 0.4) is 0 Å². The summed E-state index contributed by atoms with van der Waals surface area (Å²) in [6.07, 6.45) is 3.48. The van der Waals surface area contributed by atoms with Gasteiger partial charge in [-0.15, -0.1) is 0 Å². The number of carbonyl (C=O) groups is 1. The molecule has 1 N–H and O–H groups in total. The fourth-order valence-electron chi connectivity index (χ4n) is 3.99. The number of hydrogen-bond donors (Lipinski definition) is 1.